The molecule has 1 aliphatic carbocycles. The first kappa shape index (κ1) is 13.8. The van der Waals surface area contributed by atoms with Crippen LogP contribution < -0.4 is 5.32 Å². The summed E-state index contributed by atoms with van der Waals surface area (Å²) in [7, 11) is 0. The summed E-state index contributed by atoms with van der Waals surface area (Å²) < 4.78 is 36.3. The van der Waals surface area contributed by atoms with E-state index in [4.69, 9.17) is 5.11 Å². The van der Waals surface area contributed by atoms with Gasteiger partial charge in [-0.25, -0.2) is 0 Å². The Hall–Kier alpha value is -0.290. The zero-order valence-electron chi connectivity index (χ0n) is 9.56. The molecule has 1 aliphatic rings. The fourth-order valence-electron chi connectivity index (χ4n) is 2.32. The minimum absolute atomic E-state index is 0.181. The first-order valence-corrected chi connectivity index (χ1v) is 5.84. The molecule has 2 nitrogen and oxygen atoms in total. The third-order valence-corrected chi connectivity index (χ3v) is 3.16. The summed E-state index contributed by atoms with van der Waals surface area (Å²) in [4.78, 5) is 0. The maximum Gasteiger partial charge on any atom is 0.390 e. The summed E-state index contributed by atoms with van der Waals surface area (Å²) in [6, 6.07) is -0.337. The van der Waals surface area contributed by atoms with Crippen molar-refractivity contribution in [2.75, 3.05) is 6.61 Å². The van der Waals surface area contributed by atoms with Gasteiger partial charge in [0.1, 0.15) is 0 Å². The Kier molecular flexibility index (Phi) is 5.05. The molecule has 0 aliphatic heterocycles. The van der Waals surface area contributed by atoms with Gasteiger partial charge in [0.25, 0.3) is 0 Å². The van der Waals surface area contributed by atoms with Gasteiger partial charge in [-0.3, -0.25) is 0 Å². The molecule has 0 spiro atoms. The van der Waals surface area contributed by atoms with Crippen molar-refractivity contribution in [1.29, 1.82) is 0 Å². The Morgan fingerprint density at radius 2 is 1.81 bits per heavy atom. The lowest BCUT2D eigenvalue weighted by Crippen LogP contribution is -2.41. The van der Waals surface area contributed by atoms with Gasteiger partial charge >= 0.3 is 6.18 Å². The fraction of sp³-hybridized carbons (Fsp3) is 1.00. The zero-order chi connectivity index (χ0) is 12.2. The van der Waals surface area contributed by atoms with E-state index in [1.165, 1.54) is 0 Å². The summed E-state index contributed by atoms with van der Waals surface area (Å²) in [6.07, 6.45) is -1.30. The van der Waals surface area contributed by atoms with Gasteiger partial charge in [0.05, 0.1) is 6.42 Å². The van der Waals surface area contributed by atoms with Crippen molar-refractivity contribution < 1.29 is 18.3 Å². The normalized spacial score (nSPS) is 29.1. The molecule has 1 rings (SSSR count). The molecule has 96 valence electrons. The summed E-state index contributed by atoms with van der Waals surface area (Å²) in [5, 5.41) is 12.0. The lowest BCUT2D eigenvalue weighted by atomic mass is 9.86. The molecule has 1 unspecified atom stereocenters. The minimum Gasteiger partial charge on any atom is -0.396 e. The molecule has 0 bridgehead atoms. The summed E-state index contributed by atoms with van der Waals surface area (Å²) >= 11 is 0. The number of nitrogens with one attached hydrogen (secondary N) is 1. The van der Waals surface area contributed by atoms with Crippen LogP contribution in [0.2, 0.25) is 0 Å². The predicted octanol–water partition coefficient (Wildman–Crippen LogP) is 2.47. The molecule has 0 aromatic heterocycles. The highest BCUT2D eigenvalue weighted by Gasteiger charge is 2.31. The van der Waals surface area contributed by atoms with E-state index in [0.29, 0.717) is 5.92 Å². The van der Waals surface area contributed by atoms with E-state index >= 15 is 0 Å². The molecular formula is C11H20F3NO. The third-order valence-electron chi connectivity index (χ3n) is 3.16. The SMILES string of the molecule is CC(CC(F)(F)F)NC1CCC(CO)CC1. The second kappa shape index (κ2) is 5.87. The molecule has 0 aromatic rings. The van der Waals surface area contributed by atoms with Gasteiger partial charge in [0.2, 0.25) is 0 Å². The number of hydrogen-bond acceptors (Lipinski definition) is 2. The third kappa shape index (κ3) is 5.16. The quantitative estimate of drug-likeness (QED) is 0.790. The average Bonchev–Trinajstić information content (AvgIpc) is 2.16. The number of alkyl halides is 3. The maximum absolute atomic E-state index is 12.1. The Bertz CT molecular complexity index is 200. The van der Waals surface area contributed by atoms with Gasteiger partial charge in [-0.15, -0.1) is 0 Å². The van der Waals surface area contributed by atoms with E-state index in [0.717, 1.165) is 25.7 Å². The first-order chi connectivity index (χ1) is 7.40. The maximum atomic E-state index is 12.1. The molecule has 0 saturated heterocycles. The molecule has 5 heteroatoms. The Balaban J connectivity index is 2.23. The van der Waals surface area contributed by atoms with Crippen LogP contribution in [0.5, 0.6) is 0 Å². The summed E-state index contributed by atoms with van der Waals surface area (Å²) in [5.74, 6) is 0.343. The second-order valence-corrected chi connectivity index (χ2v) is 4.79. The van der Waals surface area contributed by atoms with Crippen LogP contribution in [-0.2, 0) is 0 Å². The monoisotopic (exact) mass is 239 g/mol. The highest BCUT2D eigenvalue weighted by molar-refractivity contribution is 4.79. The summed E-state index contributed by atoms with van der Waals surface area (Å²) in [5.41, 5.74) is 0. The standard InChI is InChI=1S/C11H20F3NO/c1-8(6-11(12,13)14)15-10-4-2-9(7-16)3-5-10/h8-10,15-16H,2-7H2,1H3. The highest BCUT2D eigenvalue weighted by atomic mass is 19.4. The van der Waals surface area contributed by atoms with Crippen molar-refractivity contribution >= 4 is 0 Å². The van der Waals surface area contributed by atoms with Crippen LogP contribution in [0.1, 0.15) is 39.0 Å². The van der Waals surface area contributed by atoms with Crippen LogP contribution >= 0.6 is 0 Å². The molecule has 1 fully saturated rings. The topological polar surface area (TPSA) is 32.3 Å². The number of aliphatic hydroxyl groups excluding tert-OH is 1. The first-order valence-electron chi connectivity index (χ1n) is 5.84. The van der Waals surface area contributed by atoms with Crippen molar-refractivity contribution in [2.45, 2.75) is 57.3 Å². The molecular weight excluding hydrogens is 219 g/mol. The molecule has 2 N–H and O–H groups in total. The largest absolute Gasteiger partial charge is 0.396 e. The average molecular weight is 239 g/mol. The second-order valence-electron chi connectivity index (χ2n) is 4.79. The van der Waals surface area contributed by atoms with E-state index in [1.807, 2.05) is 0 Å². The van der Waals surface area contributed by atoms with Crippen LogP contribution in [0.25, 0.3) is 0 Å². The number of hydrogen-bond donors (Lipinski definition) is 2. The minimum atomic E-state index is -4.09. The predicted molar refractivity (Wildman–Crippen MR) is 56.1 cm³/mol. The van der Waals surface area contributed by atoms with Gasteiger partial charge in [0.15, 0.2) is 0 Å². The van der Waals surface area contributed by atoms with Gasteiger partial charge in [-0.1, -0.05) is 0 Å². The zero-order valence-corrected chi connectivity index (χ0v) is 9.56. The van der Waals surface area contributed by atoms with Crippen molar-refractivity contribution in [3.8, 4) is 0 Å². The lowest BCUT2D eigenvalue weighted by molar-refractivity contribution is -0.139. The van der Waals surface area contributed by atoms with E-state index in [-0.39, 0.29) is 12.6 Å². The summed E-state index contributed by atoms with van der Waals surface area (Å²) in [6.45, 7) is 1.77. The Morgan fingerprint density at radius 3 is 2.25 bits per heavy atom. The van der Waals surface area contributed by atoms with E-state index < -0.39 is 18.6 Å². The van der Waals surface area contributed by atoms with E-state index in [1.54, 1.807) is 6.92 Å². The van der Waals surface area contributed by atoms with Gasteiger partial charge in [-0.2, -0.15) is 13.2 Å². The van der Waals surface area contributed by atoms with Gasteiger partial charge in [-0.05, 0) is 38.5 Å². The smallest absolute Gasteiger partial charge is 0.390 e. The Morgan fingerprint density at radius 1 is 1.25 bits per heavy atom. The fourth-order valence-corrected chi connectivity index (χ4v) is 2.32. The van der Waals surface area contributed by atoms with Crippen LogP contribution in [-0.4, -0.2) is 30.0 Å². The van der Waals surface area contributed by atoms with E-state index in [9.17, 15) is 13.2 Å². The highest BCUT2D eigenvalue weighted by Crippen LogP contribution is 2.26. The van der Waals surface area contributed by atoms with Crippen LogP contribution in [0.3, 0.4) is 0 Å². The van der Waals surface area contributed by atoms with Crippen LogP contribution in [0.4, 0.5) is 13.2 Å². The lowest BCUT2D eigenvalue weighted by Gasteiger charge is -2.30. The Labute approximate surface area is 94.2 Å². The van der Waals surface area contributed by atoms with Gasteiger partial charge < -0.3 is 10.4 Å². The molecule has 0 radical (unpaired) electrons. The van der Waals surface area contributed by atoms with Gasteiger partial charge in [0, 0.05) is 18.7 Å². The van der Waals surface area contributed by atoms with Crippen LogP contribution in [0.15, 0.2) is 0 Å². The number of aliphatic hydroxyl groups is 1. The molecule has 1 saturated carbocycles. The number of halogens is 3. The van der Waals surface area contributed by atoms with Crippen molar-refractivity contribution in [3.05, 3.63) is 0 Å². The number of rotatable bonds is 4. The van der Waals surface area contributed by atoms with Crippen molar-refractivity contribution in [1.82, 2.24) is 5.32 Å². The van der Waals surface area contributed by atoms with Crippen molar-refractivity contribution in [2.24, 2.45) is 5.92 Å². The van der Waals surface area contributed by atoms with E-state index in [2.05, 4.69) is 5.32 Å². The van der Waals surface area contributed by atoms with Crippen molar-refractivity contribution in [3.63, 3.8) is 0 Å². The van der Waals surface area contributed by atoms with Crippen LogP contribution in [0, 0.1) is 5.92 Å². The molecule has 16 heavy (non-hydrogen) atoms. The molecule has 0 aromatic carbocycles. The molecule has 0 amide bonds. The molecule has 1 atom stereocenters. The molecule has 0 heterocycles.